The molecule has 0 fully saturated rings. The van der Waals surface area contributed by atoms with Crippen molar-refractivity contribution < 1.29 is 8.78 Å². The van der Waals surface area contributed by atoms with Crippen LogP contribution in [0.15, 0.2) is 30.6 Å². The lowest BCUT2D eigenvalue weighted by molar-refractivity contribution is 0.535. The van der Waals surface area contributed by atoms with Crippen molar-refractivity contribution in [2.75, 3.05) is 0 Å². The lowest BCUT2D eigenvalue weighted by Gasteiger charge is -2.10. The monoisotopic (exact) mass is 223 g/mol. The van der Waals surface area contributed by atoms with Gasteiger partial charge >= 0.3 is 0 Å². The number of rotatable bonds is 3. The third kappa shape index (κ3) is 2.09. The van der Waals surface area contributed by atoms with Crippen LogP contribution >= 0.6 is 0 Å². The van der Waals surface area contributed by atoms with E-state index in [0.717, 1.165) is 0 Å². The van der Waals surface area contributed by atoms with Crippen LogP contribution < -0.4 is 5.73 Å². The highest BCUT2D eigenvalue weighted by Crippen LogP contribution is 2.18. The van der Waals surface area contributed by atoms with E-state index in [1.165, 1.54) is 18.2 Å². The Bertz CT molecular complexity index is 448. The van der Waals surface area contributed by atoms with E-state index in [1.807, 2.05) is 0 Å². The van der Waals surface area contributed by atoms with Gasteiger partial charge in [0.1, 0.15) is 17.5 Å². The predicted molar refractivity (Wildman–Crippen MR) is 55.6 cm³/mol. The predicted octanol–water partition coefficient (Wildman–Crippen LogP) is 1.93. The number of aromatic amines is 1. The summed E-state index contributed by atoms with van der Waals surface area (Å²) in [5, 5.41) is 0. The first-order chi connectivity index (χ1) is 7.68. The Kier molecular flexibility index (Phi) is 2.96. The topological polar surface area (TPSA) is 54.7 Å². The standard InChI is InChI=1S/C11H11F2N3/c12-8-2-1-3-9(13)7(8)6-10(14)11-15-4-5-16-11/h1-5,10H,6,14H2,(H,15,16). The van der Waals surface area contributed by atoms with Gasteiger partial charge in [0.05, 0.1) is 6.04 Å². The molecule has 1 atom stereocenters. The second-order valence-corrected chi connectivity index (χ2v) is 3.49. The molecule has 0 aliphatic rings. The van der Waals surface area contributed by atoms with Crippen molar-refractivity contribution in [1.82, 2.24) is 9.97 Å². The largest absolute Gasteiger partial charge is 0.347 e. The van der Waals surface area contributed by atoms with Gasteiger partial charge in [-0.2, -0.15) is 0 Å². The molecule has 5 heteroatoms. The van der Waals surface area contributed by atoms with Crippen LogP contribution in [-0.4, -0.2) is 9.97 Å². The fraction of sp³-hybridized carbons (Fsp3) is 0.182. The summed E-state index contributed by atoms with van der Waals surface area (Å²) in [5.41, 5.74) is 5.77. The molecule has 1 heterocycles. The number of nitrogens with one attached hydrogen (secondary N) is 1. The Morgan fingerprint density at radius 3 is 2.56 bits per heavy atom. The second kappa shape index (κ2) is 4.40. The maximum Gasteiger partial charge on any atom is 0.129 e. The van der Waals surface area contributed by atoms with E-state index in [0.29, 0.717) is 5.82 Å². The molecule has 0 aliphatic heterocycles. The van der Waals surface area contributed by atoms with Crippen LogP contribution in [0.3, 0.4) is 0 Å². The zero-order chi connectivity index (χ0) is 11.5. The van der Waals surface area contributed by atoms with Gasteiger partial charge in [0.25, 0.3) is 0 Å². The molecule has 3 nitrogen and oxygen atoms in total. The molecule has 2 aromatic rings. The molecule has 0 saturated carbocycles. The average Bonchev–Trinajstić information content (AvgIpc) is 2.76. The van der Waals surface area contributed by atoms with Gasteiger partial charge < -0.3 is 10.7 Å². The van der Waals surface area contributed by atoms with Gasteiger partial charge in [0, 0.05) is 24.4 Å². The first-order valence-corrected chi connectivity index (χ1v) is 4.86. The van der Waals surface area contributed by atoms with Gasteiger partial charge in [0.15, 0.2) is 0 Å². The number of hydrogen-bond acceptors (Lipinski definition) is 2. The van der Waals surface area contributed by atoms with E-state index in [2.05, 4.69) is 9.97 Å². The summed E-state index contributed by atoms with van der Waals surface area (Å²) in [5.74, 6) is -0.647. The van der Waals surface area contributed by atoms with Gasteiger partial charge in [-0.1, -0.05) is 6.07 Å². The Balaban J connectivity index is 2.21. The SMILES string of the molecule is NC(Cc1c(F)cccc1F)c1ncc[nH]1. The minimum absolute atomic E-state index is 0.00796. The molecular formula is C11H11F2N3. The second-order valence-electron chi connectivity index (χ2n) is 3.49. The summed E-state index contributed by atoms with van der Waals surface area (Å²) in [6.45, 7) is 0. The zero-order valence-electron chi connectivity index (χ0n) is 8.45. The summed E-state index contributed by atoms with van der Waals surface area (Å²) in [6.07, 6.45) is 3.24. The maximum atomic E-state index is 13.3. The van der Waals surface area contributed by atoms with Crippen molar-refractivity contribution >= 4 is 0 Å². The minimum Gasteiger partial charge on any atom is -0.347 e. The molecule has 0 aliphatic carbocycles. The number of halogens is 2. The Labute approximate surface area is 91.3 Å². The number of H-pyrrole nitrogens is 1. The molecule has 84 valence electrons. The fourth-order valence-corrected chi connectivity index (χ4v) is 1.52. The summed E-state index contributed by atoms with van der Waals surface area (Å²) in [7, 11) is 0. The molecule has 2 rings (SSSR count). The van der Waals surface area contributed by atoms with Crippen LogP contribution in [0.5, 0.6) is 0 Å². The number of nitrogens with two attached hydrogens (primary N) is 1. The third-order valence-electron chi connectivity index (χ3n) is 2.36. The van der Waals surface area contributed by atoms with Crippen LogP contribution in [0.2, 0.25) is 0 Å². The minimum atomic E-state index is -0.581. The van der Waals surface area contributed by atoms with Crippen LogP contribution in [-0.2, 0) is 6.42 Å². The first kappa shape index (κ1) is 10.8. The summed E-state index contributed by atoms with van der Waals surface area (Å²) < 4.78 is 26.7. The number of hydrogen-bond donors (Lipinski definition) is 2. The lowest BCUT2D eigenvalue weighted by atomic mass is 10.1. The van der Waals surface area contributed by atoms with Crippen molar-refractivity contribution in [2.24, 2.45) is 5.73 Å². The smallest absolute Gasteiger partial charge is 0.129 e. The van der Waals surface area contributed by atoms with Crippen molar-refractivity contribution in [3.05, 3.63) is 53.6 Å². The molecule has 0 saturated heterocycles. The Hall–Kier alpha value is -1.75. The normalized spacial score (nSPS) is 12.7. The van der Waals surface area contributed by atoms with E-state index < -0.39 is 17.7 Å². The van der Waals surface area contributed by atoms with Gasteiger partial charge in [-0.25, -0.2) is 13.8 Å². The van der Waals surface area contributed by atoms with Gasteiger partial charge in [-0.05, 0) is 12.1 Å². The highest BCUT2D eigenvalue weighted by molar-refractivity contribution is 5.21. The lowest BCUT2D eigenvalue weighted by Crippen LogP contribution is -2.16. The quantitative estimate of drug-likeness (QED) is 0.835. The van der Waals surface area contributed by atoms with Crippen LogP contribution in [0.1, 0.15) is 17.4 Å². The number of benzene rings is 1. The third-order valence-corrected chi connectivity index (χ3v) is 2.36. The van der Waals surface area contributed by atoms with Crippen molar-refractivity contribution in [3.8, 4) is 0 Å². The molecule has 0 radical (unpaired) electrons. The highest BCUT2D eigenvalue weighted by atomic mass is 19.1. The summed E-state index contributed by atoms with van der Waals surface area (Å²) in [4.78, 5) is 6.76. The molecule has 1 aromatic carbocycles. The summed E-state index contributed by atoms with van der Waals surface area (Å²) >= 11 is 0. The van der Waals surface area contributed by atoms with Crippen molar-refractivity contribution in [3.63, 3.8) is 0 Å². The average molecular weight is 223 g/mol. The highest BCUT2D eigenvalue weighted by Gasteiger charge is 2.15. The fourth-order valence-electron chi connectivity index (χ4n) is 1.52. The van der Waals surface area contributed by atoms with E-state index in [4.69, 9.17) is 5.73 Å². The van der Waals surface area contributed by atoms with E-state index in [1.54, 1.807) is 12.4 Å². The van der Waals surface area contributed by atoms with Gasteiger partial charge in [0.2, 0.25) is 0 Å². The number of imidazole rings is 1. The summed E-state index contributed by atoms with van der Waals surface area (Å²) in [6, 6.07) is 3.22. The van der Waals surface area contributed by atoms with Crippen molar-refractivity contribution in [1.29, 1.82) is 0 Å². The molecule has 1 aromatic heterocycles. The first-order valence-electron chi connectivity index (χ1n) is 4.86. The van der Waals surface area contributed by atoms with Crippen LogP contribution in [0, 0.1) is 11.6 Å². The van der Waals surface area contributed by atoms with Crippen LogP contribution in [0.4, 0.5) is 8.78 Å². The molecular weight excluding hydrogens is 212 g/mol. The van der Waals surface area contributed by atoms with Gasteiger partial charge in [-0.15, -0.1) is 0 Å². The number of nitrogens with zero attached hydrogens (tertiary/aromatic N) is 1. The van der Waals surface area contributed by atoms with Gasteiger partial charge in [-0.3, -0.25) is 0 Å². The zero-order valence-corrected chi connectivity index (χ0v) is 8.45. The molecule has 1 unspecified atom stereocenters. The van der Waals surface area contributed by atoms with Crippen molar-refractivity contribution in [2.45, 2.75) is 12.5 Å². The Morgan fingerprint density at radius 1 is 1.31 bits per heavy atom. The Morgan fingerprint density at radius 2 is 2.00 bits per heavy atom. The molecule has 0 bridgehead atoms. The molecule has 16 heavy (non-hydrogen) atoms. The van der Waals surface area contributed by atoms with E-state index in [9.17, 15) is 8.78 Å². The molecule has 0 amide bonds. The van der Waals surface area contributed by atoms with E-state index in [-0.39, 0.29) is 12.0 Å². The molecule has 3 N–H and O–H groups in total. The van der Waals surface area contributed by atoms with Crippen LogP contribution in [0.25, 0.3) is 0 Å². The van der Waals surface area contributed by atoms with E-state index >= 15 is 0 Å². The number of aromatic nitrogens is 2. The molecule has 0 spiro atoms. The maximum absolute atomic E-state index is 13.3.